The molecule has 6 nitrogen and oxygen atoms in total. The highest BCUT2D eigenvalue weighted by Crippen LogP contribution is 2.23. The van der Waals surface area contributed by atoms with Crippen LogP contribution in [0.15, 0.2) is 39.8 Å². The Hall–Kier alpha value is -2.28. The second kappa shape index (κ2) is 7.65. The van der Waals surface area contributed by atoms with Crippen LogP contribution in [0.4, 0.5) is 0 Å². The molecule has 0 atom stereocenters. The molecular formula is C15H17N3O3S. The Bertz CT molecular complexity index is 668. The zero-order valence-corrected chi connectivity index (χ0v) is 13.2. The second-order valence-electron chi connectivity index (χ2n) is 4.33. The lowest BCUT2D eigenvalue weighted by atomic mass is 10.2. The van der Waals surface area contributed by atoms with E-state index in [-0.39, 0.29) is 23.1 Å². The van der Waals surface area contributed by atoms with E-state index in [0.29, 0.717) is 12.3 Å². The lowest BCUT2D eigenvalue weighted by Crippen LogP contribution is -2.12. The first kappa shape index (κ1) is 16.1. The molecule has 0 aliphatic carbocycles. The van der Waals surface area contributed by atoms with Crippen LogP contribution in [-0.4, -0.2) is 29.0 Å². The van der Waals surface area contributed by atoms with Crippen molar-refractivity contribution >= 4 is 23.3 Å². The highest BCUT2D eigenvalue weighted by molar-refractivity contribution is 8.02. The molecule has 0 spiro atoms. The molecule has 22 heavy (non-hydrogen) atoms. The third kappa shape index (κ3) is 3.88. The van der Waals surface area contributed by atoms with Gasteiger partial charge in [-0.3, -0.25) is 0 Å². The van der Waals surface area contributed by atoms with Gasteiger partial charge in [0, 0.05) is 0 Å². The molecule has 0 radical (unpaired) electrons. The van der Waals surface area contributed by atoms with Crippen LogP contribution in [0.1, 0.15) is 24.3 Å². The van der Waals surface area contributed by atoms with Gasteiger partial charge in [-0.25, -0.2) is 4.79 Å². The SMILES string of the molecule is CCOC(=O)C(=C(N)SC)c1nnc(Cc2ccccc2)o1. The fraction of sp³-hybridized carbons (Fsp3) is 0.267. The van der Waals surface area contributed by atoms with Crippen LogP contribution < -0.4 is 5.73 Å². The highest BCUT2D eigenvalue weighted by atomic mass is 32.2. The molecule has 0 amide bonds. The average molecular weight is 319 g/mol. The third-order valence-electron chi connectivity index (χ3n) is 2.82. The topological polar surface area (TPSA) is 91.2 Å². The number of nitrogens with zero attached hydrogens (tertiary/aromatic N) is 2. The van der Waals surface area contributed by atoms with Crippen molar-refractivity contribution in [2.75, 3.05) is 12.9 Å². The number of carbonyl (C=O) groups is 1. The van der Waals surface area contributed by atoms with Gasteiger partial charge in [0.05, 0.1) is 18.1 Å². The summed E-state index contributed by atoms with van der Waals surface area (Å²) in [6.07, 6.45) is 2.25. The predicted octanol–water partition coefficient (Wildman–Crippen LogP) is 2.21. The zero-order chi connectivity index (χ0) is 15.9. The third-order valence-corrected chi connectivity index (χ3v) is 3.47. The summed E-state index contributed by atoms with van der Waals surface area (Å²) in [5.74, 6) is -0.0719. The van der Waals surface area contributed by atoms with Gasteiger partial charge < -0.3 is 14.9 Å². The summed E-state index contributed by atoms with van der Waals surface area (Å²) in [6, 6.07) is 9.72. The van der Waals surface area contributed by atoms with Gasteiger partial charge in [0.25, 0.3) is 5.89 Å². The van der Waals surface area contributed by atoms with Crippen molar-refractivity contribution in [3.05, 3.63) is 52.7 Å². The van der Waals surface area contributed by atoms with E-state index in [0.717, 1.165) is 5.56 Å². The first-order valence-electron chi connectivity index (χ1n) is 6.73. The lowest BCUT2D eigenvalue weighted by molar-refractivity contribution is -0.136. The Labute approximate surface area is 132 Å². The lowest BCUT2D eigenvalue weighted by Gasteiger charge is -2.05. The van der Waals surface area contributed by atoms with E-state index in [2.05, 4.69) is 10.2 Å². The number of benzene rings is 1. The Morgan fingerprint density at radius 2 is 2.05 bits per heavy atom. The highest BCUT2D eigenvalue weighted by Gasteiger charge is 2.23. The minimum Gasteiger partial charge on any atom is -0.462 e. The van der Waals surface area contributed by atoms with Crippen molar-refractivity contribution in [1.29, 1.82) is 0 Å². The number of carbonyl (C=O) groups excluding carboxylic acids is 1. The summed E-state index contributed by atoms with van der Waals surface area (Å²) in [5, 5.41) is 8.17. The Morgan fingerprint density at radius 1 is 1.32 bits per heavy atom. The molecule has 7 heteroatoms. The molecule has 0 saturated carbocycles. The molecule has 1 aromatic carbocycles. The van der Waals surface area contributed by atoms with E-state index < -0.39 is 5.97 Å². The zero-order valence-electron chi connectivity index (χ0n) is 12.4. The number of nitrogens with two attached hydrogens (primary N) is 1. The van der Waals surface area contributed by atoms with Gasteiger partial charge in [0.15, 0.2) is 5.57 Å². The molecule has 116 valence electrons. The minimum atomic E-state index is -0.565. The number of esters is 1. The second-order valence-corrected chi connectivity index (χ2v) is 5.18. The Morgan fingerprint density at radius 3 is 2.68 bits per heavy atom. The average Bonchev–Trinajstić information content (AvgIpc) is 2.96. The van der Waals surface area contributed by atoms with Crippen LogP contribution in [0.2, 0.25) is 0 Å². The minimum absolute atomic E-state index is 0.0798. The van der Waals surface area contributed by atoms with Crippen LogP contribution >= 0.6 is 11.8 Å². The van der Waals surface area contributed by atoms with Gasteiger partial charge >= 0.3 is 5.97 Å². The monoisotopic (exact) mass is 319 g/mol. The van der Waals surface area contributed by atoms with Crippen molar-refractivity contribution in [2.45, 2.75) is 13.3 Å². The van der Waals surface area contributed by atoms with Crippen molar-refractivity contribution in [1.82, 2.24) is 10.2 Å². The fourth-order valence-corrected chi connectivity index (χ4v) is 2.17. The van der Waals surface area contributed by atoms with E-state index in [1.165, 1.54) is 11.8 Å². The molecule has 2 N–H and O–H groups in total. The number of rotatable bonds is 6. The summed E-state index contributed by atoms with van der Waals surface area (Å²) < 4.78 is 10.6. The van der Waals surface area contributed by atoms with Gasteiger partial charge in [-0.1, -0.05) is 30.3 Å². The number of ether oxygens (including phenoxy) is 1. The largest absolute Gasteiger partial charge is 0.462 e. The fourth-order valence-electron chi connectivity index (χ4n) is 1.80. The number of hydrogen-bond acceptors (Lipinski definition) is 7. The molecule has 0 unspecified atom stereocenters. The summed E-state index contributed by atoms with van der Waals surface area (Å²) in [4.78, 5) is 12.0. The van der Waals surface area contributed by atoms with E-state index in [1.54, 1.807) is 13.2 Å². The normalized spacial score (nSPS) is 11.9. The number of thioether (sulfide) groups is 1. The van der Waals surface area contributed by atoms with Gasteiger partial charge in [0.1, 0.15) is 0 Å². The van der Waals surface area contributed by atoms with Crippen LogP contribution in [0.25, 0.3) is 5.57 Å². The molecule has 2 rings (SSSR count). The smallest absolute Gasteiger partial charge is 0.346 e. The Kier molecular flexibility index (Phi) is 5.60. The van der Waals surface area contributed by atoms with Gasteiger partial charge in [-0.15, -0.1) is 22.0 Å². The standard InChI is InChI=1S/C15H17N3O3S/c1-3-20-15(19)12(13(16)22-2)14-18-17-11(21-14)9-10-7-5-4-6-8-10/h4-8H,3,9,16H2,1-2H3. The first-order chi connectivity index (χ1) is 10.7. The molecule has 0 aliphatic rings. The Balaban J connectivity index is 2.26. The molecule has 0 bridgehead atoms. The molecule has 2 aromatic rings. The van der Waals surface area contributed by atoms with Gasteiger partial charge in [0.2, 0.25) is 5.89 Å². The van der Waals surface area contributed by atoms with Gasteiger partial charge in [-0.2, -0.15) is 0 Å². The van der Waals surface area contributed by atoms with Gasteiger partial charge in [-0.05, 0) is 18.7 Å². The van der Waals surface area contributed by atoms with Crippen LogP contribution in [-0.2, 0) is 16.0 Å². The first-order valence-corrected chi connectivity index (χ1v) is 7.95. The molecular weight excluding hydrogens is 302 g/mol. The molecule has 0 aliphatic heterocycles. The van der Waals surface area contributed by atoms with E-state index >= 15 is 0 Å². The maximum atomic E-state index is 12.0. The molecule has 0 fully saturated rings. The maximum absolute atomic E-state index is 12.0. The maximum Gasteiger partial charge on any atom is 0.346 e. The van der Waals surface area contributed by atoms with Crippen molar-refractivity contribution in [3.63, 3.8) is 0 Å². The van der Waals surface area contributed by atoms with E-state index in [1.807, 2.05) is 30.3 Å². The predicted molar refractivity (Wildman–Crippen MR) is 84.8 cm³/mol. The summed E-state index contributed by atoms with van der Waals surface area (Å²) in [7, 11) is 0. The quantitative estimate of drug-likeness (QED) is 0.644. The van der Waals surface area contributed by atoms with Crippen LogP contribution in [0.5, 0.6) is 0 Å². The molecule has 0 saturated heterocycles. The van der Waals surface area contributed by atoms with Crippen molar-refractivity contribution in [3.8, 4) is 0 Å². The van der Waals surface area contributed by atoms with Crippen molar-refractivity contribution < 1.29 is 13.9 Å². The number of hydrogen-bond donors (Lipinski definition) is 1. The number of aromatic nitrogens is 2. The van der Waals surface area contributed by atoms with Crippen LogP contribution in [0, 0.1) is 0 Å². The van der Waals surface area contributed by atoms with Crippen molar-refractivity contribution in [2.24, 2.45) is 5.73 Å². The van der Waals surface area contributed by atoms with Crippen LogP contribution in [0.3, 0.4) is 0 Å². The summed E-state index contributed by atoms with van der Waals surface area (Å²) >= 11 is 1.22. The summed E-state index contributed by atoms with van der Waals surface area (Å²) in [6.45, 7) is 1.97. The van der Waals surface area contributed by atoms with E-state index in [9.17, 15) is 4.79 Å². The summed E-state index contributed by atoms with van der Waals surface area (Å²) in [5.41, 5.74) is 7.01. The van der Waals surface area contributed by atoms with E-state index in [4.69, 9.17) is 14.9 Å². The molecule has 1 heterocycles. The molecule has 1 aromatic heterocycles.